The Morgan fingerprint density at radius 3 is 3.00 bits per heavy atom. The zero-order valence-corrected chi connectivity index (χ0v) is 7.17. The summed E-state index contributed by atoms with van der Waals surface area (Å²) in [5.74, 6) is 0.828. The van der Waals surface area contributed by atoms with Gasteiger partial charge in [-0.05, 0) is 18.6 Å². The van der Waals surface area contributed by atoms with Crippen LogP contribution < -0.4 is 5.32 Å². The van der Waals surface area contributed by atoms with E-state index < -0.39 is 0 Å². The van der Waals surface area contributed by atoms with E-state index in [1.807, 2.05) is 25.1 Å². The molecule has 1 aromatic heterocycles. The normalized spacial score (nSPS) is 12.5. The third kappa shape index (κ3) is 2.76. The third-order valence-corrected chi connectivity index (χ3v) is 1.75. The average molecular weight is 171 g/mol. The van der Waals surface area contributed by atoms with Crippen molar-refractivity contribution >= 4 is 17.4 Å². The number of pyridine rings is 1. The van der Waals surface area contributed by atoms with Crippen LogP contribution in [0.15, 0.2) is 24.4 Å². The SMILES string of the molecule is CCC(Cl)Nc1ccccn1. The quantitative estimate of drug-likeness (QED) is 0.557. The molecule has 0 spiro atoms. The van der Waals surface area contributed by atoms with Crippen molar-refractivity contribution in [1.82, 2.24) is 4.98 Å². The Labute approximate surface area is 71.6 Å². The molecule has 0 saturated carbocycles. The molecule has 1 aromatic rings. The van der Waals surface area contributed by atoms with Gasteiger partial charge < -0.3 is 5.32 Å². The summed E-state index contributed by atoms with van der Waals surface area (Å²) >= 11 is 5.85. The summed E-state index contributed by atoms with van der Waals surface area (Å²) < 4.78 is 0. The van der Waals surface area contributed by atoms with Gasteiger partial charge in [-0.3, -0.25) is 0 Å². The van der Waals surface area contributed by atoms with Crippen molar-refractivity contribution < 1.29 is 0 Å². The number of hydrogen-bond donors (Lipinski definition) is 1. The first-order valence-corrected chi connectivity index (χ1v) is 4.08. The molecule has 0 aliphatic carbocycles. The Balaban J connectivity index is 2.51. The molecule has 60 valence electrons. The highest BCUT2D eigenvalue weighted by atomic mass is 35.5. The molecule has 1 heterocycles. The van der Waals surface area contributed by atoms with Crippen molar-refractivity contribution in [2.75, 3.05) is 5.32 Å². The fourth-order valence-corrected chi connectivity index (χ4v) is 0.822. The number of anilines is 1. The van der Waals surface area contributed by atoms with Gasteiger partial charge in [-0.2, -0.15) is 0 Å². The lowest BCUT2D eigenvalue weighted by Gasteiger charge is -2.08. The van der Waals surface area contributed by atoms with Crippen molar-refractivity contribution in [2.24, 2.45) is 0 Å². The van der Waals surface area contributed by atoms with Gasteiger partial charge in [0.2, 0.25) is 0 Å². The number of nitrogens with zero attached hydrogens (tertiary/aromatic N) is 1. The smallest absolute Gasteiger partial charge is 0.127 e. The first-order chi connectivity index (χ1) is 5.33. The van der Waals surface area contributed by atoms with Gasteiger partial charge in [0.15, 0.2) is 0 Å². The predicted molar refractivity (Wildman–Crippen MR) is 47.8 cm³/mol. The highest BCUT2D eigenvalue weighted by Gasteiger charge is 1.99. The number of hydrogen-bond acceptors (Lipinski definition) is 2. The number of alkyl halides is 1. The lowest BCUT2D eigenvalue weighted by atomic mass is 10.4. The monoisotopic (exact) mass is 170 g/mol. The molecule has 2 nitrogen and oxygen atoms in total. The topological polar surface area (TPSA) is 24.9 Å². The van der Waals surface area contributed by atoms with Crippen LogP contribution in [0, 0.1) is 0 Å². The molecule has 0 amide bonds. The minimum atomic E-state index is -0.0232. The van der Waals surface area contributed by atoms with Gasteiger partial charge in [-0.15, -0.1) is 0 Å². The molecule has 0 aromatic carbocycles. The molecule has 3 heteroatoms. The van der Waals surface area contributed by atoms with Crippen molar-refractivity contribution in [2.45, 2.75) is 18.8 Å². The van der Waals surface area contributed by atoms with Crippen molar-refractivity contribution in [3.8, 4) is 0 Å². The largest absolute Gasteiger partial charge is 0.354 e. The van der Waals surface area contributed by atoms with Gasteiger partial charge in [0.25, 0.3) is 0 Å². The van der Waals surface area contributed by atoms with Crippen LogP contribution in [-0.4, -0.2) is 10.5 Å². The van der Waals surface area contributed by atoms with E-state index in [-0.39, 0.29) is 5.50 Å². The molecular formula is C8H11ClN2. The summed E-state index contributed by atoms with van der Waals surface area (Å²) in [4.78, 5) is 4.07. The van der Waals surface area contributed by atoms with Crippen LogP contribution in [0.25, 0.3) is 0 Å². The Kier molecular flexibility index (Phi) is 3.17. The highest BCUT2D eigenvalue weighted by Crippen LogP contribution is 2.07. The molecule has 11 heavy (non-hydrogen) atoms. The van der Waals surface area contributed by atoms with Crippen LogP contribution in [0.2, 0.25) is 0 Å². The summed E-state index contributed by atoms with van der Waals surface area (Å²) in [5.41, 5.74) is -0.0232. The Bertz CT molecular complexity index is 201. The van der Waals surface area contributed by atoms with Gasteiger partial charge in [0.1, 0.15) is 11.3 Å². The molecule has 1 N–H and O–H groups in total. The van der Waals surface area contributed by atoms with Gasteiger partial charge in [0.05, 0.1) is 0 Å². The van der Waals surface area contributed by atoms with E-state index in [1.54, 1.807) is 6.20 Å². The molecule has 0 aliphatic rings. The molecule has 0 fully saturated rings. The summed E-state index contributed by atoms with van der Waals surface area (Å²) in [5, 5.41) is 3.05. The van der Waals surface area contributed by atoms with Crippen LogP contribution in [0.5, 0.6) is 0 Å². The highest BCUT2D eigenvalue weighted by molar-refractivity contribution is 6.21. The van der Waals surface area contributed by atoms with E-state index in [2.05, 4.69) is 10.3 Å². The average Bonchev–Trinajstić information content (AvgIpc) is 2.06. The number of rotatable bonds is 3. The van der Waals surface area contributed by atoms with E-state index in [9.17, 15) is 0 Å². The zero-order valence-electron chi connectivity index (χ0n) is 6.42. The van der Waals surface area contributed by atoms with Crippen LogP contribution >= 0.6 is 11.6 Å². The van der Waals surface area contributed by atoms with Crippen LogP contribution in [0.3, 0.4) is 0 Å². The molecule has 1 unspecified atom stereocenters. The Morgan fingerprint density at radius 2 is 2.45 bits per heavy atom. The Morgan fingerprint density at radius 1 is 1.64 bits per heavy atom. The van der Waals surface area contributed by atoms with E-state index in [1.165, 1.54) is 0 Å². The van der Waals surface area contributed by atoms with Crippen molar-refractivity contribution in [1.29, 1.82) is 0 Å². The van der Waals surface area contributed by atoms with Crippen LogP contribution in [0.1, 0.15) is 13.3 Å². The number of halogens is 1. The van der Waals surface area contributed by atoms with Gasteiger partial charge >= 0.3 is 0 Å². The minimum Gasteiger partial charge on any atom is -0.354 e. The van der Waals surface area contributed by atoms with E-state index >= 15 is 0 Å². The van der Waals surface area contributed by atoms with Gasteiger partial charge in [-0.25, -0.2) is 4.98 Å². The molecule has 0 saturated heterocycles. The van der Waals surface area contributed by atoms with Gasteiger partial charge in [0, 0.05) is 6.20 Å². The molecular weight excluding hydrogens is 160 g/mol. The van der Waals surface area contributed by atoms with Crippen molar-refractivity contribution in [3.05, 3.63) is 24.4 Å². The second-order valence-corrected chi connectivity index (χ2v) is 2.76. The molecule has 0 bridgehead atoms. The minimum absolute atomic E-state index is 0.0232. The van der Waals surface area contributed by atoms with E-state index in [0.717, 1.165) is 12.2 Å². The summed E-state index contributed by atoms with van der Waals surface area (Å²) in [6, 6.07) is 5.69. The molecule has 1 rings (SSSR count). The molecule has 0 aliphatic heterocycles. The van der Waals surface area contributed by atoms with E-state index in [4.69, 9.17) is 11.6 Å². The van der Waals surface area contributed by atoms with E-state index in [0.29, 0.717) is 0 Å². The maximum atomic E-state index is 5.85. The standard InChI is InChI=1S/C8H11ClN2/c1-2-7(9)11-8-5-3-4-6-10-8/h3-7H,2H2,1H3,(H,10,11). The van der Waals surface area contributed by atoms with Crippen LogP contribution in [0.4, 0.5) is 5.82 Å². The fraction of sp³-hybridized carbons (Fsp3) is 0.375. The maximum Gasteiger partial charge on any atom is 0.127 e. The van der Waals surface area contributed by atoms with Crippen molar-refractivity contribution in [3.63, 3.8) is 0 Å². The van der Waals surface area contributed by atoms with Gasteiger partial charge in [-0.1, -0.05) is 24.6 Å². The number of aromatic nitrogens is 1. The number of nitrogens with one attached hydrogen (secondary N) is 1. The fourth-order valence-electron chi connectivity index (χ4n) is 0.711. The zero-order chi connectivity index (χ0) is 8.10. The predicted octanol–water partition coefficient (Wildman–Crippen LogP) is 2.47. The molecule has 0 radical (unpaired) electrons. The lowest BCUT2D eigenvalue weighted by molar-refractivity contribution is 0.900. The first kappa shape index (κ1) is 8.34. The maximum absolute atomic E-state index is 5.85. The summed E-state index contributed by atoms with van der Waals surface area (Å²) in [6.07, 6.45) is 2.62. The van der Waals surface area contributed by atoms with Crippen LogP contribution in [-0.2, 0) is 0 Å². The lowest BCUT2D eigenvalue weighted by Crippen LogP contribution is -2.11. The first-order valence-electron chi connectivity index (χ1n) is 3.64. The third-order valence-electron chi connectivity index (χ3n) is 1.33. The second-order valence-electron chi connectivity index (χ2n) is 2.24. The second kappa shape index (κ2) is 4.19. The molecule has 1 atom stereocenters. The summed E-state index contributed by atoms with van der Waals surface area (Å²) in [7, 11) is 0. The Hall–Kier alpha value is -0.760. The summed E-state index contributed by atoms with van der Waals surface area (Å²) in [6.45, 7) is 2.02.